The number of nitrogen functional groups attached to an aromatic ring is 1. The smallest absolute Gasteiger partial charge is 0.264 e. The van der Waals surface area contributed by atoms with Gasteiger partial charge in [-0.2, -0.15) is 5.10 Å². The number of nitrogens with zero attached hydrogens (tertiary/aromatic N) is 3. The molecule has 0 saturated carbocycles. The first-order valence-electron chi connectivity index (χ1n) is 7.97. The highest BCUT2D eigenvalue weighted by atomic mass is 32.2. The number of hydrogen-bond donors (Lipinski definition) is 3. The number of thiazole rings is 1. The molecule has 4 N–H and O–H groups in total. The van der Waals surface area contributed by atoms with E-state index in [1.807, 2.05) is 18.2 Å². The minimum Gasteiger partial charge on any atom is -0.375 e. The Labute approximate surface area is 159 Å². The number of carbonyl (C=O) groups is 1. The van der Waals surface area contributed by atoms with Crippen molar-refractivity contribution in [2.24, 2.45) is 0 Å². The number of aryl methyl sites for hydroxylation is 1. The molecule has 11 heteroatoms. The summed E-state index contributed by atoms with van der Waals surface area (Å²) in [7, 11) is -3.74. The summed E-state index contributed by atoms with van der Waals surface area (Å²) in [6.07, 6.45) is 4.36. The van der Waals surface area contributed by atoms with Crippen molar-refractivity contribution < 1.29 is 18.4 Å². The molecule has 3 aromatic rings. The van der Waals surface area contributed by atoms with Crippen molar-refractivity contribution in [1.29, 1.82) is 0 Å². The lowest BCUT2D eigenvalue weighted by atomic mass is 10.1. The van der Waals surface area contributed by atoms with Gasteiger partial charge in [0.25, 0.3) is 5.91 Å². The summed E-state index contributed by atoms with van der Waals surface area (Å²) in [5.41, 5.74) is 9.76. The number of anilines is 1. The Morgan fingerprint density at radius 1 is 1.41 bits per heavy atom. The monoisotopic (exact) mass is 409 g/mol. The Hall–Kier alpha value is -2.50. The number of sulfone groups is 1. The summed E-state index contributed by atoms with van der Waals surface area (Å²) in [5, 5.41) is 13.6. The lowest BCUT2D eigenvalue weighted by molar-refractivity contribution is -0.131. The van der Waals surface area contributed by atoms with Crippen LogP contribution in [0.1, 0.15) is 13.3 Å². The van der Waals surface area contributed by atoms with Crippen molar-refractivity contribution in [2.75, 3.05) is 12.0 Å². The molecule has 0 radical (unpaired) electrons. The SMILES string of the molecule is CC(CCn1cc(-c2ccc3nc(N)sc3c2)cn1)(C(=O)NO)S(C)(=O)=O. The highest BCUT2D eigenvalue weighted by molar-refractivity contribution is 7.92. The second-order valence-corrected chi connectivity index (χ2v) is 9.93. The minimum atomic E-state index is -3.74. The van der Waals surface area contributed by atoms with Crippen molar-refractivity contribution in [2.45, 2.75) is 24.6 Å². The molecule has 1 atom stereocenters. The van der Waals surface area contributed by atoms with Gasteiger partial charge in [-0.1, -0.05) is 17.4 Å². The summed E-state index contributed by atoms with van der Waals surface area (Å²) in [5.74, 6) is -0.967. The molecule has 0 aliphatic carbocycles. The molecule has 144 valence electrons. The normalized spacial score (nSPS) is 14.2. The molecule has 0 aliphatic rings. The maximum atomic E-state index is 12.0. The fraction of sp³-hybridized carbons (Fsp3) is 0.312. The number of fused-ring (bicyclic) bond motifs is 1. The molecule has 1 amide bonds. The van der Waals surface area contributed by atoms with Crippen molar-refractivity contribution >= 4 is 42.4 Å². The van der Waals surface area contributed by atoms with Crippen LogP contribution >= 0.6 is 11.3 Å². The fourth-order valence-corrected chi connectivity index (χ4v) is 4.29. The van der Waals surface area contributed by atoms with Gasteiger partial charge >= 0.3 is 0 Å². The van der Waals surface area contributed by atoms with Gasteiger partial charge < -0.3 is 5.73 Å². The standard InChI is InChI=1S/C16H19N5O4S2/c1-16(14(22)20-23,27(2,24)25)5-6-21-9-11(8-18-21)10-3-4-12-13(7-10)26-15(17)19-12/h3-4,7-9,23H,5-6H2,1-2H3,(H2,17,19)(H,20,22). The second-order valence-electron chi connectivity index (χ2n) is 6.42. The molecule has 0 aliphatic heterocycles. The third kappa shape index (κ3) is 3.66. The van der Waals surface area contributed by atoms with E-state index in [4.69, 9.17) is 10.9 Å². The minimum absolute atomic E-state index is 0.0379. The summed E-state index contributed by atoms with van der Waals surface area (Å²) in [6, 6.07) is 5.74. The number of aromatic nitrogens is 3. The lowest BCUT2D eigenvalue weighted by Crippen LogP contribution is -2.49. The Morgan fingerprint density at radius 2 is 2.15 bits per heavy atom. The molecule has 0 saturated heterocycles. The van der Waals surface area contributed by atoms with Crippen LogP contribution in [0.4, 0.5) is 5.13 Å². The third-order valence-electron chi connectivity index (χ3n) is 4.59. The molecular weight excluding hydrogens is 390 g/mol. The van der Waals surface area contributed by atoms with Gasteiger partial charge in [0.15, 0.2) is 19.7 Å². The number of amides is 1. The molecule has 0 fully saturated rings. The van der Waals surface area contributed by atoms with Crippen molar-refractivity contribution in [1.82, 2.24) is 20.2 Å². The van der Waals surface area contributed by atoms with E-state index in [0.717, 1.165) is 27.6 Å². The zero-order chi connectivity index (χ0) is 19.8. The van der Waals surface area contributed by atoms with Gasteiger partial charge in [-0.15, -0.1) is 0 Å². The van der Waals surface area contributed by atoms with Gasteiger partial charge in [0.2, 0.25) is 0 Å². The first kappa shape index (κ1) is 19.3. The van der Waals surface area contributed by atoms with Gasteiger partial charge in [-0.25, -0.2) is 18.9 Å². The van der Waals surface area contributed by atoms with Crippen LogP contribution in [0.15, 0.2) is 30.6 Å². The molecule has 1 unspecified atom stereocenters. The number of nitrogens with two attached hydrogens (primary N) is 1. The quantitative estimate of drug-likeness (QED) is 0.413. The topological polar surface area (TPSA) is 140 Å². The summed E-state index contributed by atoms with van der Waals surface area (Å²) in [4.78, 5) is 16.1. The Morgan fingerprint density at radius 3 is 2.81 bits per heavy atom. The maximum absolute atomic E-state index is 12.0. The number of hydroxylamine groups is 1. The average molecular weight is 409 g/mol. The van der Waals surface area contributed by atoms with Crippen LogP contribution in [0.25, 0.3) is 21.3 Å². The fourth-order valence-electron chi connectivity index (χ4n) is 2.67. The van der Waals surface area contributed by atoms with E-state index >= 15 is 0 Å². The average Bonchev–Trinajstić information content (AvgIpc) is 3.22. The number of hydrogen-bond acceptors (Lipinski definition) is 8. The predicted octanol–water partition coefficient (Wildman–Crippen LogP) is 1.44. The lowest BCUT2D eigenvalue weighted by Gasteiger charge is -2.24. The summed E-state index contributed by atoms with van der Waals surface area (Å²) in [6.45, 7) is 1.47. The molecule has 1 aromatic carbocycles. The Kier molecular flexibility index (Phi) is 4.93. The van der Waals surface area contributed by atoms with E-state index < -0.39 is 20.5 Å². The van der Waals surface area contributed by atoms with Crippen molar-refractivity contribution in [3.8, 4) is 11.1 Å². The zero-order valence-corrected chi connectivity index (χ0v) is 16.3. The molecule has 2 aromatic heterocycles. The van der Waals surface area contributed by atoms with E-state index in [1.165, 1.54) is 23.7 Å². The molecule has 0 spiro atoms. The summed E-state index contributed by atoms with van der Waals surface area (Å²) >= 11 is 1.39. The zero-order valence-electron chi connectivity index (χ0n) is 14.7. The molecule has 2 heterocycles. The first-order valence-corrected chi connectivity index (χ1v) is 10.7. The second kappa shape index (κ2) is 6.91. The third-order valence-corrected chi connectivity index (χ3v) is 7.46. The number of nitrogens with one attached hydrogen (secondary N) is 1. The van der Waals surface area contributed by atoms with E-state index in [1.54, 1.807) is 17.1 Å². The summed E-state index contributed by atoms with van der Waals surface area (Å²) < 4.78 is 24.8. The number of rotatable bonds is 6. The van der Waals surface area contributed by atoms with Crippen LogP contribution in [0, 0.1) is 0 Å². The number of benzene rings is 1. The van der Waals surface area contributed by atoms with Gasteiger partial charge in [-0.05, 0) is 31.0 Å². The van der Waals surface area contributed by atoms with E-state index in [9.17, 15) is 13.2 Å². The van der Waals surface area contributed by atoms with Crippen LogP contribution < -0.4 is 11.2 Å². The van der Waals surface area contributed by atoms with Crippen LogP contribution in [0.5, 0.6) is 0 Å². The van der Waals surface area contributed by atoms with Gasteiger partial charge in [0.05, 0.1) is 16.4 Å². The Bertz CT molecular complexity index is 1110. The molecular formula is C16H19N5O4S2. The Balaban J connectivity index is 1.81. The predicted molar refractivity (Wildman–Crippen MR) is 103 cm³/mol. The molecule has 9 nitrogen and oxygen atoms in total. The van der Waals surface area contributed by atoms with Crippen LogP contribution in [0.3, 0.4) is 0 Å². The first-order chi connectivity index (χ1) is 12.6. The maximum Gasteiger partial charge on any atom is 0.264 e. The van der Waals surface area contributed by atoms with Crippen molar-refractivity contribution in [3.63, 3.8) is 0 Å². The van der Waals surface area contributed by atoms with E-state index in [-0.39, 0.29) is 13.0 Å². The van der Waals surface area contributed by atoms with Crippen LogP contribution in [-0.2, 0) is 21.2 Å². The molecule has 3 rings (SSSR count). The van der Waals surface area contributed by atoms with Gasteiger partial charge in [0.1, 0.15) is 0 Å². The van der Waals surface area contributed by atoms with Crippen molar-refractivity contribution in [3.05, 3.63) is 30.6 Å². The van der Waals surface area contributed by atoms with Crippen LogP contribution in [0.2, 0.25) is 0 Å². The highest BCUT2D eigenvalue weighted by Gasteiger charge is 2.43. The molecule has 0 bridgehead atoms. The van der Waals surface area contributed by atoms with E-state index in [0.29, 0.717) is 5.13 Å². The largest absolute Gasteiger partial charge is 0.375 e. The van der Waals surface area contributed by atoms with E-state index in [2.05, 4.69) is 10.1 Å². The van der Waals surface area contributed by atoms with Gasteiger partial charge in [0, 0.05) is 24.6 Å². The van der Waals surface area contributed by atoms with Crippen LogP contribution in [-0.4, -0.2) is 45.3 Å². The van der Waals surface area contributed by atoms with Gasteiger partial charge in [-0.3, -0.25) is 14.7 Å². The molecule has 27 heavy (non-hydrogen) atoms. The highest BCUT2D eigenvalue weighted by Crippen LogP contribution is 2.29. The number of carbonyl (C=O) groups excluding carboxylic acids is 1.